The van der Waals surface area contributed by atoms with Gasteiger partial charge >= 0.3 is 0 Å². The molecule has 0 N–H and O–H groups in total. The van der Waals surface area contributed by atoms with E-state index in [0.29, 0.717) is 13.0 Å². The molecule has 0 radical (unpaired) electrons. The molecule has 90 valence electrons. The Hall–Kier alpha value is -0.910. The zero-order valence-corrected chi connectivity index (χ0v) is 10.1. The van der Waals surface area contributed by atoms with Crippen LogP contribution in [0.25, 0.3) is 0 Å². The number of ether oxygens (including phenoxy) is 1. The van der Waals surface area contributed by atoms with Crippen LogP contribution in [0.5, 0.6) is 0 Å². The first-order chi connectivity index (χ1) is 7.64. The van der Waals surface area contributed by atoms with E-state index in [2.05, 4.69) is 0 Å². The van der Waals surface area contributed by atoms with E-state index in [1.54, 1.807) is 31.4 Å². The molecule has 16 heavy (non-hydrogen) atoms. The molecule has 0 amide bonds. The molecule has 0 aliphatic carbocycles. The number of hydrogen-bond donors (Lipinski definition) is 0. The molecule has 1 rings (SSSR count). The van der Waals surface area contributed by atoms with E-state index in [4.69, 9.17) is 8.92 Å². The Balaban J connectivity index is 2.40. The zero-order valence-electron chi connectivity index (χ0n) is 9.26. The molecule has 0 aliphatic rings. The van der Waals surface area contributed by atoms with Crippen molar-refractivity contribution < 1.29 is 17.3 Å². The number of methoxy groups -OCH3 is 1. The predicted octanol–water partition coefficient (Wildman–Crippen LogP) is 1.57. The number of hydrogen-bond acceptors (Lipinski definition) is 4. The molecule has 0 bridgehead atoms. The van der Waals surface area contributed by atoms with Crippen molar-refractivity contribution in [3.63, 3.8) is 0 Å². The topological polar surface area (TPSA) is 52.6 Å². The SMILES string of the molecule is COCCCOS(=O)(=O)Cc1ccccc1. The maximum atomic E-state index is 11.5. The highest BCUT2D eigenvalue weighted by Gasteiger charge is 2.11. The van der Waals surface area contributed by atoms with E-state index in [1.807, 2.05) is 6.07 Å². The van der Waals surface area contributed by atoms with Gasteiger partial charge in [0.05, 0.1) is 6.61 Å². The Morgan fingerprint density at radius 1 is 1.12 bits per heavy atom. The molecule has 4 nitrogen and oxygen atoms in total. The summed E-state index contributed by atoms with van der Waals surface area (Å²) in [6.07, 6.45) is 0.574. The van der Waals surface area contributed by atoms with E-state index < -0.39 is 10.1 Å². The molecular weight excluding hydrogens is 228 g/mol. The van der Waals surface area contributed by atoms with Crippen LogP contribution >= 0.6 is 0 Å². The summed E-state index contributed by atoms with van der Waals surface area (Å²) in [6, 6.07) is 8.97. The summed E-state index contributed by atoms with van der Waals surface area (Å²) in [4.78, 5) is 0. The minimum atomic E-state index is -3.47. The van der Waals surface area contributed by atoms with E-state index in [-0.39, 0.29) is 12.4 Å². The van der Waals surface area contributed by atoms with Crippen LogP contribution in [0, 0.1) is 0 Å². The van der Waals surface area contributed by atoms with Crippen molar-refractivity contribution in [3.05, 3.63) is 35.9 Å². The molecular formula is C11H16O4S. The smallest absolute Gasteiger partial charge is 0.271 e. The summed E-state index contributed by atoms with van der Waals surface area (Å²) < 4.78 is 32.6. The van der Waals surface area contributed by atoms with Gasteiger partial charge in [-0.05, 0) is 12.0 Å². The van der Waals surface area contributed by atoms with Crippen LogP contribution < -0.4 is 0 Å². The van der Waals surface area contributed by atoms with Gasteiger partial charge in [-0.25, -0.2) is 0 Å². The minimum absolute atomic E-state index is 0.0825. The van der Waals surface area contributed by atoms with Crippen LogP contribution in [0.1, 0.15) is 12.0 Å². The standard InChI is InChI=1S/C11H16O4S/c1-14-8-5-9-15-16(12,13)10-11-6-3-2-4-7-11/h2-4,6-7H,5,8-10H2,1H3. The Bertz CT molecular complexity index is 386. The average molecular weight is 244 g/mol. The van der Waals surface area contributed by atoms with E-state index in [9.17, 15) is 8.42 Å². The lowest BCUT2D eigenvalue weighted by Crippen LogP contribution is -2.10. The summed E-state index contributed by atoms with van der Waals surface area (Å²) in [7, 11) is -1.90. The van der Waals surface area contributed by atoms with Crippen LogP contribution in [0.4, 0.5) is 0 Å². The fourth-order valence-electron chi connectivity index (χ4n) is 1.21. The molecule has 0 saturated carbocycles. The van der Waals surface area contributed by atoms with Gasteiger partial charge in [0, 0.05) is 13.7 Å². The van der Waals surface area contributed by atoms with Crippen LogP contribution in [-0.4, -0.2) is 28.7 Å². The second-order valence-electron chi connectivity index (χ2n) is 3.36. The first-order valence-corrected chi connectivity index (χ1v) is 6.62. The molecule has 0 atom stereocenters. The molecule has 1 aromatic carbocycles. The first kappa shape index (κ1) is 13.2. The van der Waals surface area contributed by atoms with Crippen molar-refractivity contribution in [2.45, 2.75) is 12.2 Å². The van der Waals surface area contributed by atoms with Crippen molar-refractivity contribution in [1.82, 2.24) is 0 Å². The van der Waals surface area contributed by atoms with Crippen LogP contribution in [-0.2, 0) is 24.8 Å². The number of rotatable bonds is 7. The Morgan fingerprint density at radius 3 is 2.44 bits per heavy atom. The van der Waals surface area contributed by atoms with Crippen LogP contribution in [0.2, 0.25) is 0 Å². The molecule has 0 heterocycles. The van der Waals surface area contributed by atoms with Crippen molar-refractivity contribution in [2.75, 3.05) is 20.3 Å². The molecule has 0 aliphatic heterocycles. The van der Waals surface area contributed by atoms with E-state index in [0.717, 1.165) is 5.56 Å². The Kier molecular flexibility index (Phi) is 5.45. The average Bonchev–Trinajstić information content (AvgIpc) is 2.25. The lowest BCUT2D eigenvalue weighted by molar-refractivity contribution is 0.173. The second kappa shape index (κ2) is 6.62. The lowest BCUT2D eigenvalue weighted by atomic mass is 10.2. The van der Waals surface area contributed by atoms with Gasteiger partial charge in [-0.1, -0.05) is 30.3 Å². The third kappa shape index (κ3) is 5.25. The highest BCUT2D eigenvalue weighted by Crippen LogP contribution is 2.07. The predicted molar refractivity (Wildman–Crippen MR) is 61.5 cm³/mol. The molecule has 0 spiro atoms. The highest BCUT2D eigenvalue weighted by molar-refractivity contribution is 7.85. The summed E-state index contributed by atoms with van der Waals surface area (Å²) in [5.74, 6) is -0.0825. The second-order valence-corrected chi connectivity index (χ2v) is 5.00. The number of benzene rings is 1. The monoisotopic (exact) mass is 244 g/mol. The molecule has 0 saturated heterocycles. The van der Waals surface area contributed by atoms with Crippen molar-refractivity contribution in [2.24, 2.45) is 0 Å². The van der Waals surface area contributed by atoms with E-state index >= 15 is 0 Å². The highest BCUT2D eigenvalue weighted by atomic mass is 32.2. The fraction of sp³-hybridized carbons (Fsp3) is 0.455. The summed E-state index contributed by atoms with van der Waals surface area (Å²) >= 11 is 0. The van der Waals surface area contributed by atoms with Gasteiger partial charge in [0.2, 0.25) is 0 Å². The summed E-state index contributed by atoms with van der Waals surface area (Å²) in [5, 5.41) is 0. The fourth-order valence-corrected chi connectivity index (χ4v) is 2.26. The van der Waals surface area contributed by atoms with Crippen molar-refractivity contribution in [3.8, 4) is 0 Å². The molecule has 5 heteroatoms. The van der Waals surface area contributed by atoms with Gasteiger partial charge < -0.3 is 4.74 Å². The largest absolute Gasteiger partial charge is 0.385 e. The van der Waals surface area contributed by atoms with Gasteiger partial charge in [0.25, 0.3) is 10.1 Å². The third-order valence-electron chi connectivity index (χ3n) is 1.94. The van der Waals surface area contributed by atoms with Crippen LogP contribution in [0.3, 0.4) is 0 Å². The van der Waals surface area contributed by atoms with E-state index in [1.165, 1.54) is 0 Å². The van der Waals surface area contributed by atoms with Gasteiger partial charge in [-0.3, -0.25) is 4.18 Å². The summed E-state index contributed by atoms with van der Waals surface area (Å²) in [5.41, 5.74) is 0.731. The minimum Gasteiger partial charge on any atom is -0.385 e. The molecule has 0 aromatic heterocycles. The van der Waals surface area contributed by atoms with Gasteiger partial charge in [-0.2, -0.15) is 8.42 Å². The van der Waals surface area contributed by atoms with Crippen molar-refractivity contribution in [1.29, 1.82) is 0 Å². The summed E-state index contributed by atoms with van der Waals surface area (Å²) in [6.45, 7) is 0.670. The van der Waals surface area contributed by atoms with Gasteiger partial charge in [0.15, 0.2) is 0 Å². The Morgan fingerprint density at radius 2 is 1.81 bits per heavy atom. The van der Waals surface area contributed by atoms with Gasteiger partial charge in [-0.15, -0.1) is 0 Å². The maximum absolute atomic E-state index is 11.5. The molecule has 0 fully saturated rings. The molecule has 1 aromatic rings. The quantitative estimate of drug-likeness (QED) is 0.539. The van der Waals surface area contributed by atoms with Gasteiger partial charge in [0.1, 0.15) is 5.75 Å². The maximum Gasteiger partial charge on any atom is 0.271 e. The third-order valence-corrected chi connectivity index (χ3v) is 3.15. The van der Waals surface area contributed by atoms with Crippen LogP contribution in [0.15, 0.2) is 30.3 Å². The lowest BCUT2D eigenvalue weighted by Gasteiger charge is -2.05. The molecule has 0 unspecified atom stereocenters. The Labute approximate surface area is 96.3 Å². The normalized spacial score (nSPS) is 11.6. The zero-order chi connectivity index (χ0) is 11.9. The first-order valence-electron chi connectivity index (χ1n) is 5.04. The van der Waals surface area contributed by atoms with Crippen molar-refractivity contribution >= 4 is 10.1 Å².